The Labute approximate surface area is 122 Å². The lowest BCUT2D eigenvalue weighted by atomic mass is 10.1. The lowest BCUT2D eigenvalue weighted by molar-refractivity contribution is -0.137. The van der Waals surface area contributed by atoms with Crippen LogP contribution in [0.1, 0.15) is 17.5 Å². The number of amides is 1. The molecular formula is C15H18F3N2O. The van der Waals surface area contributed by atoms with E-state index in [1.54, 1.807) is 4.90 Å². The summed E-state index contributed by atoms with van der Waals surface area (Å²) in [6, 6.07) is 5.24. The molecule has 1 radical (unpaired) electrons. The zero-order valence-electron chi connectivity index (χ0n) is 11.7. The summed E-state index contributed by atoms with van der Waals surface area (Å²) in [6.07, 6.45) is -4.03. The van der Waals surface area contributed by atoms with Crippen molar-refractivity contribution in [3.63, 3.8) is 0 Å². The van der Waals surface area contributed by atoms with Crippen molar-refractivity contribution in [2.45, 2.75) is 19.1 Å². The predicted molar refractivity (Wildman–Crippen MR) is 73.3 cm³/mol. The third-order valence-electron chi connectivity index (χ3n) is 3.63. The molecule has 0 saturated carbocycles. The Morgan fingerprint density at radius 2 is 1.67 bits per heavy atom. The van der Waals surface area contributed by atoms with Gasteiger partial charge in [-0.15, -0.1) is 0 Å². The average Bonchev–Trinajstić information content (AvgIpc) is 2.47. The summed E-state index contributed by atoms with van der Waals surface area (Å²) in [5, 5.41) is 0. The molecule has 115 valence electrons. The number of piperazine rings is 1. The molecular weight excluding hydrogens is 281 g/mol. The molecule has 3 nitrogen and oxygen atoms in total. The number of halogens is 3. The maximum atomic E-state index is 12.5. The Hall–Kier alpha value is -1.56. The first-order chi connectivity index (χ1) is 9.90. The monoisotopic (exact) mass is 299 g/mol. The number of carbonyl (C=O) groups is 1. The van der Waals surface area contributed by atoms with Gasteiger partial charge in [-0.3, -0.25) is 9.69 Å². The fraction of sp³-hybridized carbons (Fsp3) is 0.467. The average molecular weight is 299 g/mol. The van der Waals surface area contributed by atoms with Crippen LogP contribution in [0.25, 0.3) is 0 Å². The first-order valence-electron chi connectivity index (χ1n) is 6.85. The van der Waals surface area contributed by atoms with Crippen molar-refractivity contribution in [3.8, 4) is 0 Å². The Balaban J connectivity index is 1.88. The van der Waals surface area contributed by atoms with Gasteiger partial charge in [-0.1, -0.05) is 12.1 Å². The van der Waals surface area contributed by atoms with Gasteiger partial charge in [0.25, 0.3) is 0 Å². The van der Waals surface area contributed by atoms with Crippen LogP contribution in [0.4, 0.5) is 13.2 Å². The summed E-state index contributed by atoms with van der Waals surface area (Å²) in [7, 11) is 0. The minimum absolute atomic E-state index is 0.0455. The Kier molecular flexibility index (Phi) is 4.88. The van der Waals surface area contributed by atoms with Gasteiger partial charge in [0.15, 0.2) is 0 Å². The van der Waals surface area contributed by atoms with Crippen molar-refractivity contribution in [1.29, 1.82) is 0 Å². The highest BCUT2D eigenvalue weighted by atomic mass is 19.4. The molecule has 6 heteroatoms. The number of hydrogen-bond donors (Lipinski definition) is 0. The molecule has 1 aliphatic rings. The summed E-state index contributed by atoms with van der Waals surface area (Å²) in [4.78, 5) is 15.4. The number of rotatable bonds is 3. The van der Waals surface area contributed by atoms with Crippen LogP contribution in [-0.4, -0.2) is 41.9 Å². The largest absolute Gasteiger partial charge is 0.416 e. The SMILES string of the molecule is [CH2]CC(=O)N1CCN(Cc2ccc(C(F)(F)F)cc2)CC1. The second-order valence-electron chi connectivity index (χ2n) is 5.10. The quantitative estimate of drug-likeness (QED) is 0.856. The molecule has 1 aromatic rings. The minimum Gasteiger partial charge on any atom is -0.340 e. The van der Waals surface area contributed by atoms with E-state index in [-0.39, 0.29) is 12.3 Å². The Morgan fingerprint density at radius 3 is 2.14 bits per heavy atom. The van der Waals surface area contributed by atoms with Crippen molar-refractivity contribution in [3.05, 3.63) is 42.3 Å². The van der Waals surface area contributed by atoms with Crippen LogP contribution < -0.4 is 0 Å². The van der Waals surface area contributed by atoms with Crippen molar-refractivity contribution in [1.82, 2.24) is 9.80 Å². The van der Waals surface area contributed by atoms with Crippen LogP contribution in [0, 0.1) is 6.92 Å². The number of hydrogen-bond acceptors (Lipinski definition) is 2. The first kappa shape index (κ1) is 15.8. The van der Waals surface area contributed by atoms with E-state index >= 15 is 0 Å². The fourth-order valence-corrected chi connectivity index (χ4v) is 2.37. The summed E-state index contributed by atoms with van der Waals surface area (Å²) >= 11 is 0. The normalized spacial score (nSPS) is 17.0. The third-order valence-corrected chi connectivity index (χ3v) is 3.63. The number of alkyl halides is 3. The highest BCUT2D eigenvalue weighted by Gasteiger charge is 2.30. The van der Waals surface area contributed by atoms with Gasteiger partial charge in [-0.2, -0.15) is 13.2 Å². The molecule has 21 heavy (non-hydrogen) atoms. The van der Waals surface area contributed by atoms with Crippen molar-refractivity contribution in [2.24, 2.45) is 0 Å². The van der Waals surface area contributed by atoms with Gasteiger partial charge >= 0.3 is 6.18 Å². The summed E-state index contributed by atoms with van der Waals surface area (Å²) < 4.78 is 37.4. The van der Waals surface area contributed by atoms with Crippen molar-refractivity contribution >= 4 is 5.91 Å². The third kappa shape index (κ3) is 4.20. The minimum atomic E-state index is -4.29. The van der Waals surface area contributed by atoms with E-state index in [0.717, 1.165) is 30.8 Å². The first-order valence-corrected chi connectivity index (χ1v) is 6.85. The van der Waals surface area contributed by atoms with Crippen LogP contribution in [0.2, 0.25) is 0 Å². The highest BCUT2D eigenvalue weighted by Crippen LogP contribution is 2.29. The van der Waals surface area contributed by atoms with Crippen LogP contribution in [0.5, 0.6) is 0 Å². The molecule has 2 rings (SSSR count). The van der Waals surface area contributed by atoms with E-state index in [2.05, 4.69) is 11.8 Å². The molecule has 1 aliphatic heterocycles. The molecule has 0 unspecified atom stereocenters. The molecule has 0 aliphatic carbocycles. The molecule has 1 heterocycles. The molecule has 1 aromatic carbocycles. The molecule has 1 fully saturated rings. The van der Waals surface area contributed by atoms with E-state index in [4.69, 9.17) is 0 Å². The smallest absolute Gasteiger partial charge is 0.340 e. The fourth-order valence-electron chi connectivity index (χ4n) is 2.37. The molecule has 1 saturated heterocycles. The zero-order chi connectivity index (χ0) is 15.5. The van der Waals surface area contributed by atoms with Gasteiger partial charge < -0.3 is 4.90 Å². The second kappa shape index (κ2) is 6.47. The van der Waals surface area contributed by atoms with E-state index in [0.29, 0.717) is 19.6 Å². The van der Waals surface area contributed by atoms with Crippen LogP contribution in [0.3, 0.4) is 0 Å². The van der Waals surface area contributed by atoms with E-state index in [9.17, 15) is 18.0 Å². The maximum Gasteiger partial charge on any atom is 0.416 e. The zero-order valence-corrected chi connectivity index (χ0v) is 11.7. The van der Waals surface area contributed by atoms with Gasteiger partial charge in [-0.05, 0) is 24.6 Å². The summed E-state index contributed by atoms with van der Waals surface area (Å²) in [5.74, 6) is 0.0455. The van der Waals surface area contributed by atoms with Gasteiger partial charge in [0.1, 0.15) is 0 Å². The Bertz CT molecular complexity index is 477. The van der Waals surface area contributed by atoms with Crippen LogP contribution in [0.15, 0.2) is 24.3 Å². The Morgan fingerprint density at radius 1 is 1.10 bits per heavy atom. The van der Waals surface area contributed by atoms with Gasteiger partial charge in [0.05, 0.1) is 5.56 Å². The topological polar surface area (TPSA) is 23.6 Å². The predicted octanol–water partition coefficient (Wildman–Crippen LogP) is 2.57. The molecule has 0 atom stereocenters. The number of nitrogens with zero attached hydrogens (tertiary/aromatic N) is 2. The molecule has 0 N–H and O–H groups in total. The molecule has 0 bridgehead atoms. The lowest BCUT2D eigenvalue weighted by Crippen LogP contribution is -2.48. The molecule has 0 aromatic heterocycles. The number of benzene rings is 1. The number of carbonyl (C=O) groups excluding carboxylic acids is 1. The lowest BCUT2D eigenvalue weighted by Gasteiger charge is -2.34. The summed E-state index contributed by atoms with van der Waals surface area (Å²) in [5.41, 5.74) is 0.219. The van der Waals surface area contributed by atoms with Crippen LogP contribution in [-0.2, 0) is 17.5 Å². The van der Waals surface area contributed by atoms with Gasteiger partial charge in [0, 0.05) is 39.1 Å². The van der Waals surface area contributed by atoms with Gasteiger partial charge in [-0.25, -0.2) is 0 Å². The highest BCUT2D eigenvalue weighted by molar-refractivity contribution is 5.76. The van der Waals surface area contributed by atoms with E-state index in [1.165, 1.54) is 12.1 Å². The van der Waals surface area contributed by atoms with E-state index in [1.807, 2.05) is 0 Å². The maximum absolute atomic E-state index is 12.5. The van der Waals surface area contributed by atoms with E-state index < -0.39 is 11.7 Å². The molecule has 0 spiro atoms. The van der Waals surface area contributed by atoms with Gasteiger partial charge in [0.2, 0.25) is 5.91 Å². The summed E-state index contributed by atoms with van der Waals surface area (Å²) in [6.45, 7) is 6.93. The van der Waals surface area contributed by atoms with Crippen molar-refractivity contribution in [2.75, 3.05) is 26.2 Å². The second-order valence-corrected chi connectivity index (χ2v) is 5.10. The standard InChI is InChI=1S/C15H18F3N2O/c1-2-14(21)20-9-7-19(8-10-20)11-12-3-5-13(6-4-12)15(16,17)18/h3-6H,1-2,7-11H2. The van der Waals surface area contributed by atoms with Crippen LogP contribution >= 0.6 is 0 Å². The van der Waals surface area contributed by atoms with Crippen molar-refractivity contribution < 1.29 is 18.0 Å². The molecule has 1 amide bonds.